The fourth-order valence-corrected chi connectivity index (χ4v) is 1.44. The maximum Gasteiger partial charge on any atom is 0.242 e. The van der Waals surface area contributed by atoms with Gasteiger partial charge in [0.15, 0.2) is 0 Å². The SMILES string of the molecule is CNCCNC(=O)[C@H](CCCCN)NC(C)=O. The molecule has 0 bridgehead atoms. The third-order valence-electron chi connectivity index (χ3n) is 2.32. The average molecular weight is 244 g/mol. The van der Waals surface area contributed by atoms with E-state index in [1.165, 1.54) is 6.92 Å². The van der Waals surface area contributed by atoms with Crippen LogP contribution in [0, 0.1) is 0 Å². The van der Waals surface area contributed by atoms with Crippen LogP contribution in [0.3, 0.4) is 0 Å². The molecule has 6 heteroatoms. The molecule has 0 aromatic carbocycles. The quantitative estimate of drug-likeness (QED) is 0.389. The molecule has 0 rings (SSSR count). The van der Waals surface area contributed by atoms with Gasteiger partial charge in [-0.3, -0.25) is 9.59 Å². The molecular formula is C11H24N4O2. The van der Waals surface area contributed by atoms with Gasteiger partial charge in [-0.05, 0) is 32.9 Å². The molecule has 17 heavy (non-hydrogen) atoms. The van der Waals surface area contributed by atoms with E-state index in [0.717, 1.165) is 12.8 Å². The smallest absolute Gasteiger partial charge is 0.242 e. The van der Waals surface area contributed by atoms with Crippen molar-refractivity contribution in [1.29, 1.82) is 0 Å². The molecule has 0 aromatic rings. The third kappa shape index (κ3) is 8.65. The Morgan fingerprint density at radius 3 is 2.47 bits per heavy atom. The van der Waals surface area contributed by atoms with Crippen LogP contribution in [-0.2, 0) is 9.59 Å². The standard InChI is InChI=1S/C11H24N4O2/c1-9(16)15-10(5-3-4-6-12)11(17)14-8-7-13-2/h10,13H,3-8,12H2,1-2H3,(H,14,17)(H,15,16)/t10-/m0/s1. The Balaban J connectivity index is 4.05. The third-order valence-corrected chi connectivity index (χ3v) is 2.32. The van der Waals surface area contributed by atoms with E-state index < -0.39 is 6.04 Å². The topological polar surface area (TPSA) is 96.2 Å². The van der Waals surface area contributed by atoms with Crippen LogP contribution in [0.5, 0.6) is 0 Å². The van der Waals surface area contributed by atoms with Crippen molar-refractivity contribution in [2.45, 2.75) is 32.2 Å². The lowest BCUT2D eigenvalue weighted by Gasteiger charge is -2.17. The number of unbranched alkanes of at least 4 members (excludes halogenated alkanes) is 1. The fourth-order valence-electron chi connectivity index (χ4n) is 1.44. The molecule has 0 aromatic heterocycles. The van der Waals surface area contributed by atoms with Crippen LogP contribution in [0.4, 0.5) is 0 Å². The van der Waals surface area contributed by atoms with Crippen molar-refractivity contribution in [3.05, 3.63) is 0 Å². The molecule has 100 valence electrons. The van der Waals surface area contributed by atoms with Gasteiger partial charge in [0, 0.05) is 20.0 Å². The molecule has 1 atom stereocenters. The van der Waals surface area contributed by atoms with Gasteiger partial charge < -0.3 is 21.7 Å². The first-order chi connectivity index (χ1) is 8.11. The van der Waals surface area contributed by atoms with Gasteiger partial charge in [0.2, 0.25) is 11.8 Å². The van der Waals surface area contributed by atoms with Gasteiger partial charge in [-0.15, -0.1) is 0 Å². The fraction of sp³-hybridized carbons (Fsp3) is 0.818. The highest BCUT2D eigenvalue weighted by atomic mass is 16.2. The number of rotatable bonds is 9. The minimum atomic E-state index is -0.448. The Kier molecular flexibility index (Phi) is 9.37. The van der Waals surface area contributed by atoms with Crippen molar-refractivity contribution in [2.75, 3.05) is 26.7 Å². The number of hydrogen-bond acceptors (Lipinski definition) is 4. The number of amides is 2. The second-order valence-electron chi connectivity index (χ2n) is 3.93. The summed E-state index contributed by atoms with van der Waals surface area (Å²) in [6.07, 6.45) is 2.32. The van der Waals surface area contributed by atoms with E-state index in [-0.39, 0.29) is 11.8 Å². The molecule has 0 heterocycles. The first kappa shape index (κ1) is 15.9. The molecule has 0 saturated heterocycles. The predicted octanol–water partition coefficient (Wildman–Crippen LogP) is -1.04. The number of hydrogen-bond donors (Lipinski definition) is 4. The summed E-state index contributed by atoms with van der Waals surface area (Å²) in [7, 11) is 1.82. The average Bonchev–Trinajstić information content (AvgIpc) is 2.27. The highest BCUT2D eigenvalue weighted by molar-refractivity contribution is 5.86. The van der Waals surface area contributed by atoms with Crippen molar-refractivity contribution in [3.63, 3.8) is 0 Å². The Morgan fingerprint density at radius 2 is 1.94 bits per heavy atom. The lowest BCUT2D eigenvalue weighted by Crippen LogP contribution is -2.47. The van der Waals surface area contributed by atoms with E-state index >= 15 is 0 Å². The molecule has 0 aliphatic heterocycles. The van der Waals surface area contributed by atoms with E-state index in [0.29, 0.717) is 26.1 Å². The van der Waals surface area contributed by atoms with Gasteiger partial charge in [0.05, 0.1) is 0 Å². The molecule has 0 unspecified atom stereocenters. The van der Waals surface area contributed by atoms with Crippen molar-refractivity contribution in [3.8, 4) is 0 Å². The molecule has 0 fully saturated rings. The molecule has 0 aliphatic carbocycles. The van der Waals surface area contributed by atoms with E-state index in [4.69, 9.17) is 5.73 Å². The van der Waals surface area contributed by atoms with E-state index in [1.54, 1.807) is 0 Å². The van der Waals surface area contributed by atoms with E-state index in [1.807, 2.05) is 7.05 Å². The summed E-state index contributed by atoms with van der Waals surface area (Å²) < 4.78 is 0. The van der Waals surface area contributed by atoms with E-state index in [9.17, 15) is 9.59 Å². The predicted molar refractivity (Wildman–Crippen MR) is 67.4 cm³/mol. The van der Waals surface area contributed by atoms with Crippen molar-refractivity contribution in [1.82, 2.24) is 16.0 Å². The molecule has 0 spiro atoms. The summed E-state index contributed by atoms with van der Waals surface area (Å²) in [6, 6.07) is -0.448. The molecule has 2 amide bonds. The van der Waals surface area contributed by atoms with E-state index in [2.05, 4.69) is 16.0 Å². The first-order valence-corrected chi connectivity index (χ1v) is 6.01. The molecule has 6 nitrogen and oxygen atoms in total. The highest BCUT2D eigenvalue weighted by Crippen LogP contribution is 2.00. The van der Waals surface area contributed by atoms with Crippen LogP contribution < -0.4 is 21.7 Å². The van der Waals surface area contributed by atoms with Gasteiger partial charge >= 0.3 is 0 Å². The minimum Gasteiger partial charge on any atom is -0.353 e. The summed E-state index contributed by atoms with van der Waals surface area (Å²) in [5.41, 5.74) is 5.39. The molecule has 0 radical (unpaired) electrons. The summed E-state index contributed by atoms with van der Waals surface area (Å²) in [6.45, 7) is 3.29. The van der Waals surface area contributed by atoms with Crippen molar-refractivity contribution >= 4 is 11.8 Å². The van der Waals surface area contributed by atoms with Gasteiger partial charge in [0.25, 0.3) is 0 Å². The Morgan fingerprint density at radius 1 is 1.24 bits per heavy atom. The summed E-state index contributed by atoms with van der Waals surface area (Å²) in [5.74, 6) is -0.320. The van der Waals surface area contributed by atoms with Gasteiger partial charge in [-0.25, -0.2) is 0 Å². The van der Waals surface area contributed by atoms with Crippen LogP contribution in [0.2, 0.25) is 0 Å². The summed E-state index contributed by atoms with van der Waals surface area (Å²) in [5, 5.41) is 8.36. The first-order valence-electron chi connectivity index (χ1n) is 6.01. The second-order valence-corrected chi connectivity index (χ2v) is 3.93. The molecule has 0 aliphatic rings. The molecule has 0 saturated carbocycles. The zero-order valence-corrected chi connectivity index (χ0v) is 10.7. The van der Waals surface area contributed by atoms with Crippen LogP contribution in [-0.4, -0.2) is 44.5 Å². The Hall–Kier alpha value is -1.14. The normalized spacial score (nSPS) is 11.9. The lowest BCUT2D eigenvalue weighted by atomic mass is 10.1. The van der Waals surface area contributed by atoms with Crippen LogP contribution >= 0.6 is 0 Å². The molecule has 5 N–H and O–H groups in total. The lowest BCUT2D eigenvalue weighted by molar-refractivity contribution is -0.128. The number of nitrogens with two attached hydrogens (primary N) is 1. The monoisotopic (exact) mass is 244 g/mol. The van der Waals surface area contributed by atoms with Crippen LogP contribution in [0.15, 0.2) is 0 Å². The number of carbonyl (C=O) groups excluding carboxylic acids is 2. The second kappa shape index (κ2) is 10.0. The van der Waals surface area contributed by atoms with Crippen molar-refractivity contribution < 1.29 is 9.59 Å². The number of nitrogens with one attached hydrogen (secondary N) is 3. The number of likely N-dealkylation sites (N-methyl/N-ethyl adjacent to an activating group) is 1. The highest BCUT2D eigenvalue weighted by Gasteiger charge is 2.17. The zero-order valence-electron chi connectivity index (χ0n) is 10.7. The van der Waals surface area contributed by atoms with Gasteiger partial charge in [-0.2, -0.15) is 0 Å². The minimum absolute atomic E-state index is 0.132. The maximum atomic E-state index is 11.8. The Labute approximate surface area is 103 Å². The Bertz CT molecular complexity index is 234. The summed E-state index contributed by atoms with van der Waals surface area (Å²) >= 11 is 0. The van der Waals surface area contributed by atoms with Crippen molar-refractivity contribution in [2.24, 2.45) is 5.73 Å². The number of carbonyl (C=O) groups is 2. The maximum absolute atomic E-state index is 11.8. The van der Waals surface area contributed by atoms with Crippen LogP contribution in [0.25, 0.3) is 0 Å². The van der Waals surface area contributed by atoms with Gasteiger partial charge in [-0.1, -0.05) is 0 Å². The largest absolute Gasteiger partial charge is 0.353 e. The van der Waals surface area contributed by atoms with Crippen LogP contribution in [0.1, 0.15) is 26.2 Å². The van der Waals surface area contributed by atoms with Gasteiger partial charge in [0.1, 0.15) is 6.04 Å². The zero-order chi connectivity index (χ0) is 13.1. The molecular weight excluding hydrogens is 220 g/mol. The summed E-state index contributed by atoms with van der Waals surface area (Å²) in [4.78, 5) is 22.8.